The molecule has 1 fully saturated rings. The van der Waals surface area contributed by atoms with E-state index < -0.39 is 41.5 Å². The number of halogens is 5. The number of amides is 3. The maximum absolute atomic E-state index is 15.2. The Kier molecular flexibility index (Phi) is 10.7. The molecule has 3 amide bonds. The van der Waals surface area contributed by atoms with Crippen LogP contribution >= 0.6 is 0 Å². The van der Waals surface area contributed by atoms with Crippen LogP contribution in [0.1, 0.15) is 30.5 Å². The second-order valence-corrected chi connectivity index (χ2v) is 13.1. The highest BCUT2D eigenvalue weighted by Gasteiger charge is 2.44. The number of nitrogens with zero attached hydrogens (tertiary/aromatic N) is 6. The van der Waals surface area contributed by atoms with E-state index in [0.29, 0.717) is 29.1 Å². The molecule has 52 heavy (non-hydrogen) atoms. The molecule has 274 valence electrons. The monoisotopic (exact) mass is 722 g/mol. The lowest BCUT2D eigenvalue weighted by molar-refractivity contribution is -0.170. The van der Waals surface area contributed by atoms with Crippen LogP contribution in [-0.2, 0) is 17.9 Å². The van der Waals surface area contributed by atoms with E-state index in [4.69, 9.17) is 4.98 Å². The lowest BCUT2D eigenvalue weighted by Crippen LogP contribution is -2.47. The van der Waals surface area contributed by atoms with Crippen LogP contribution in [0.25, 0.3) is 11.3 Å². The first kappa shape index (κ1) is 36.6. The van der Waals surface area contributed by atoms with Crippen LogP contribution in [0.2, 0.25) is 0 Å². The molecule has 0 unspecified atom stereocenters. The lowest BCUT2D eigenvalue weighted by atomic mass is 9.98. The summed E-state index contributed by atoms with van der Waals surface area (Å²) in [5.74, 6) is -4.07. The van der Waals surface area contributed by atoms with Gasteiger partial charge in [-0.15, -0.1) is 0 Å². The highest BCUT2D eigenvalue weighted by Crippen LogP contribution is 2.40. The highest BCUT2D eigenvalue weighted by atomic mass is 19.4. The molecule has 0 radical (unpaired) electrons. The van der Waals surface area contributed by atoms with Gasteiger partial charge in [0, 0.05) is 68.7 Å². The quantitative estimate of drug-likeness (QED) is 0.178. The molecule has 3 heterocycles. The molecular formula is C37H39F5N8O2. The Balaban J connectivity index is 1.33. The van der Waals surface area contributed by atoms with Crippen molar-refractivity contribution in [3.8, 4) is 11.3 Å². The van der Waals surface area contributed by atoms with Crippen LogP contribution < -0.4 is 20.4 Å². The van der Waals surface area contributed by atoms with Crippen LogP contribution in [0.15, 0.2) is 66.7 Å². The number of carbonyl (C=O) groups excluding carboxylic acids is 2. The first-order valence-electron chi connectivity index (χ1n) is 17.0. The second-order valence-electron chi connectivity index (χ2n) is 13.1. The van der Waals surface area contributed by atoms with E-state index in [1.807, 2.05) is 18.2 Å². The normalized spacial score (nSPS) is 15.4. The Hall–Kier alpha value is -5.15. The third-order valence-corrected chi connectivity index (χ3v) is 9.13. The predicted molar refractivity (Wildman–Crippen MR) is 188 cm³/mol. The van der Waals surface area contributed by atoms with Gasteiger partial charge < -0.3 is 15.5 Å². The average molecular weight is 723 g/mol. The number of hydrogen-bond donors (Lipinski definition) is 2. The largest absolute Gasteiger partial charge is 0.471 e. The van der Waals surface area contributed by atoms with E-state index >= 15 is 8.78 Å². The Bertz CT molecular complexity index is 1910. The zero-order valence-electron chi connectivity index (χ0n) is 29.0. The van der Waals surface area contributed by atoms with Crippen molar-refractivity contribution >= 4 is 35.1 Å². The fraction of sp³-hybridized carbons (Fsp3) is 0.351. The SMILES string of the molecule is Cc1ccc(N(C(=O)C(F)(F)F)C(C)C)cc1-c1nc(NCCN2CCN(Cc3ccccc3)CC2)nc2c1CNC(=O)N2c1c(F)cccc1F. The molecule has 0 atom stereocenters. The van der Waals surface area contributed by atoms with Gasteiger partial charge in [-0.1, -0.05) is 42.5 Å². The molecule has 0 aliphatic carbocycles. The fourth-order valence-corrected chi connectivity index (χ4v) is 6.51. The molecule has 2 aliphatic rings. The highest BCUT2D eigenvalue weighted by molar-refractivity contribution is 6.02. The number of nitrogens with one attached hydrogen (secondary N) is 2. The number of aromatic nitrogens is 2. The van der Waals surface area contributed by atoms with Gasteiger partial charge in [0.15, 0.2) is 5.82 Å². The van der Waals surface area contributed by atoms with Crippen LogP contribution in [0, 0.1) is 18.6 Å². The number of rotatable bonds is 10. The van der Waals surface area contributed by atoms with Crippen LogP contribution in [-0.4, -0.2) is 83.2 Å². The number of alkyl halides is 3. The maximum atomic E-state index is 15.2. The summed E-state index contributed by atoms with van der Waals surface area (Å²) in [7, 11) is 0. The Morgan fingerprint density at radius 3 is 2.27 bits per heavy atom. The molecular weight excluding hydrogens is 683 g/mol. The summed E-state index contributed by atoms with van der Waals surface area (Å²) < 4.78 is 71.3. The molecule has 3 aromatic carbocycles. The van der Waals surface area contributed by atoms with Gasteiger partial charge in [0.25, 0.3) is 0 Å². The third kappa shape index (κ3) is 7.84. The van der Waals surface area contributed by atoms with E-state index in [9.17, 15) is 22.8 Å². The van der Waals surface area contributed by atoms with Gasteiger partial charge in [0.1, 0.15) is 17.3 Å². The van der Waals surface area contributed by atoms with Crippen molar-refractivity contribution in [1.29, 1.82) is 0 Å². The number of para-hydroxylation sites is 1. The first-order chi connectivity index (χ1) is 24.8. The fourth-order valence-electron chi connectivity index (χ4n) is 6.51. The van der Waals surface area contributed by atoms with Gasteiger partial charge >= 0.3 is 18.1 Å². The van der Waals surface area contributed by atoms with Gasteiger partial charge in [-0.3, -0.25) is 14.6 Å². The van der Waals surface area contributed by atoms with Crippen molar-refractivity contribution in [1.82, 2.24) is 25.1 Å². The van der Waals surface area contributed by atoms with E-state index in [1.54, 1.807) is 13.0 Å². The first-order valence-corrected chi connectivity index (χ1v) is 17.0. The Morgan fingerprint density at radius 2 is 1.62 bits per heavy atom. The number of fused-ring (bicyclic) bond motifs is 1. The molecule has 6 rings (SSSR count). The number of anilines is 4. The smallest absolute Gasteiger partial charge is 0.353 e. The van der Waals surface area contributed by atoms with Crippen molar-refractivity contribution in [2.24, 2.45) is 0 Å². The van der Waals surface area contributed by atoms with E-state index in [0.717, 1.165) is 49.8 Å². The van der Waals surface area contributed by atoms with E-state index in [1.165, 1.54) is 37.6 Å². The standard InChI is InChI=1S/C37H39F5N8O2/c1-23(2)49(34(51)37(40,41)42)26-13-12-24(3)27(20-26)31-28-21-44-36(52)50(32-29(38)10-7-11-30(32)39)33(28)46-35(45-31)43-14-15-47-16-18-48(19-17-47)22-25-8-5-4-6-9-25/h4-13,20,23H,14-19,21-22H2,1-3H3,(H,44,52)(H,43,45,46). The minimum absolute atomic E-state index is 0.0250. The van der Waals surface area contributed by atoms with Crippen molar-refractivity contribution in [3.05, 3.63) is 95.1 Å². The topological polar surface area (TPSA) is 96.9 Å². The van der Waals surface area contributed by atoms with Gasteiger partial charge in [-0.25, -0.2) is 23.5 Å². The van der Waals surface area contributed by atoms with E-state index in [2.05, 4.69) is 37.6 Å². The molecule has 4 aromatic rings. The lowest BCUT2D eigenvalue weighted by Gasteiger charge is -2.34. The molecule has 1 saturated heterocycles. The third-order valence-electron chi connectivity index (χ3n) is 9.13. The summed E-state index contributed by atoms with van der Waals surface area (Å²) in [6.45, 7) is 9.83. The van der Waals surface area contributed by atoms with Crippen molar-refractivity contribution in [3.63, 3.8) is 0 Å². The molecule has 2 aliphatic heterocycles. The Morgan fingerprint density at radius 1 is 0.942 bits per heavy atom. The summed E-state index contributed by atoms with van der Waals surface area (Å²) in [5, 5.41) is 5.81. The van der Waals surface area contributed by atoms with Gasteiger partial charge in [0.2, 0.25) is 5.95 Å². The van der Waals surface area contributed by atoms with Crippen LogP contribution in [0.3, 0.4) is 0 Å². The molecule has 0 spiro atoms. The number of benzene rings is 3. The average Bonchev–Trinajstić information content (AvgIpc) is 3.10. The van der Waals surface area contributed by atoms with Crippen LogP contribution in [0.4, 0.5) is 49.9 Å². The zero-order valence-corrected chi connectivity index (χ0v) is 29.0. The van der Waals surface area contributed by atoms with Crippen molar-refractivity contribution < 1.29 is 31.5 Å². The number of carbonyl (C=O) groups is 2. The van der Waals surface area contributed by atoms with Gasteiger partial charge in [-0.2, -0.15) is 18.2 Å². The summed E-state index contributed by atoms with van der Waals surface area (Å²) in [5.41, 5.74) is 2.01. The summed E-state index contributed by atoms with van der Waals surface area (Å²) in [6, 6.07) is 16.2. The Labute approximate surface area is 298 Å². The predicted octanol–water partition coefficient (Wildman–Crippen LogP) is 6.62. The number of piperazine rings is 1. The van der Waals surface area contributed by atoms with Gasteiger partial charge in [-0.05, 0) is 56.2 Å². The molecule has 10 nitrogen and oxygen atoms in total. The van der Waals surface area contributed by atoms with Gasteiger partial charge in [0.05, 0.1) is 12.2 Å². The molecule has 2 N–H and O–H groups in total. The minimum Gasteiger partial charge on any atom is -0.353 e. The van der Waals surface area contributed by atoms with E-state index in [-0.39, 0.29) is 35.3 Å². The minimum atomic E-state index is -5.12. The summed E-state index contributed by atoms with van der Waals surface area (Å²) in [4.78, 5) is 41.2. The molecule has 1 aromatic heterocycles. The number of hydrogen-bond acceptors (Lipinski definition) is 7. The zero-order chi connectivity index (χ0) is 37.2. The van der Waals surface area contributed by atoms with Crippen molar-refractivity contribution in [2.75, 3.05) is 54.4 Å². The maximum Gasteiger partial charge on any atom is 0.471 e. The van der Waals surface area contributed by atoms with Crippen molar-refractivity contribution in [2.45, 2.75) is 46.1 Å². The van der Waals surface area contributed by atoms with Crippen LogP contribution in [0.5, 0.6) is 0 Å². The molecule has 0 saturated carbocycles. The molecule has 15 heteroatoms. The number of urea groups is 1. The second kappa shape index (κ2) is 15.2. The molecule has 0 bridgehead atoms. The summed E-state index contributed by atoms with van der Waals surface area (Å²) in [6.07, 6.45) is -5.12. The summed E-state index contributed by atoms with van der Waals surface area (Å²) >= 11 is 0. The number of aryl methyl sites for hydroxylation is 1.